The quantitative estimate of drug-likeness (QED) is 0.290. The van der Waals surface area contributed by atoms with Gasteiger partial charge in [0.15, 0.2) is 0 Å². The van der Waals surface area contributed by atoms with Gasteiger partial charge >= 0.3 is 0 Å². The van der Waals surface area contributed by atoms with Crippen LogP contribution < -0.4 is 4.57 Å². The molecule has 1 heterocycles. The Morgan fingerprint density at radius 3 is 2.15 bits per heavy atom. The van der Waals surface area contributed by atoms with E-state index in [0.717, 1.165) is 5.56 Å². The highest BCUT2D eigenvalue weighted by molar-refractivity contribution is 5.79. The smallest absolute Gasteiger partial charge is 0.258 e. The lowest BCUT2D eigenvalue weighted by Gasteiger charge is -1.97. The minimum atomic E-state index is -0.463. The normalized spacial score (nSPS) is 10.9. The molecule has 10 heteroatoms. The van der Waals surface area contributed by atoms with Crippen molar-refractivity contribution in [2.24, 2.45) is 5.10 Å². The molecule has 0 unspecified atom stereocenters. The van der Waals surface area contributed by atoms with Gasteiger partial charge in [0.1, 0.15) is 0 Å². The Hall–Kier alpha value is -3.95. The first-order chi connectivity index (χ1) is 12.5. The van der Waals surface area contributed by atoms with Crippen molar-refractivity contribution in [1.82, 2.24) is 9.89 Å². The predicted molar refractivity (Wildman–Crippen MR) is 90.7 cm³/mol. The first-order valence-corrected chi connectivity index (χ1v) is 7.47. The second-order valence-corrected chi connectivity index (χ2v) is 5.36. The van der Waals surface area contributed by atoms with E-state index in [1.54, 1.807) is 41.5 Å². The molecule has 0 amide bonds. The van der Waals surface area contributed by atoms with Crippen LogP contribution in [0.2, 0.25) is 0 Å². The number of hydrogen-bond donors (Lipinski definition) is 0. The molecule has 0 aliphatic rings. The Kier molecular flexibility index (Phi) is 4.74. The Morgan fingerprint density at radius 1 is 1.00 bits per heavy atom. The Bertz CT molecular complexity index is 963. The lowest BCUT2D eigenvalue weighted by atomic mass is 10.2. The fraction of sp³-hybridized carbons (Fsp3) is 0.0625. The lowest BCUT2D eigenvalue weighted by molar-refractivity contribution is -0.689. The van der Waals surface area contributed by atoms with E-state index in [0.29, 0.717) is 12.1 Å². The molecule has 3 aromatic rings. The van der Waals surface area contributed by atoms with Crippen molar-refractivity contribution in [2.75, 3.05) is 0 Å². The van der Waals surface area contributed by atoms with Crippen LogP contribution in [0.15, 0.2) is 66.3 Å². The molecule has 0 atom stereocenters. The average molecular weight is 353 g/mol. The van der Waals surface area contributed by atoms with Crippen LogP contribution in [-0.4, -0.2) is 26.0 Å². The highest BCUT2D eigenvalue weighted by Crippen LogP contribution is 2.12. The predicted octanol–water partition coefficient (Wildman–Crippen LogP) is 1.92. The molecule has 0 radical (unpaired) electrons. The van der Waals surface area contributed by atoms with E-state index < -0.39 is 9.85 Å². The molecular formula is C16H13N6O4+. The van der Waals surface area contributed by atoms with E-state index in [1.807, 2.05) is 0 Å². The molecule has 0 saturated heterocycles. The number of rotatable bonds is 6. The third-order valence-corrected chi connectivity index (χ3v) is 3.51. The van der Waals surface area contributed by atoms with E-state index in [4.69, 9.17) is 0 Å². The van der Waals surface area contributed by atoms with Gasteiger partial charge in [-0.3, -0.25) is 20.2 Å². The average Bonchev–Trinajstić information content (AvgIpc) is 3.08. The van der Waals surface area contributed by atoms with Crippen LogP contribution in [0.4, 0.5) is 11.4 Å². The first-order valence-electron chi connectivity index (χ1n) is 7.47. The zero-order valence-electron chi connectivity index (χ0n) is 13.4. The van der Waals surface area contributed by atoms with Crippen molar-refractivity contribution in [2.45, 2.75) is 6.54 Å². The fourth-order valence-corrected chi connectivity index (χ4v) is 2.19. The molecule has 0 fully saturated rings. The van der Waals surface area contributed by atoms with Crippen molar-refractivity contribution >= 4 is 17.6 Å². The molecular weight excluding hydrogens is 340 g/mol. The highest BCUT2D eigenvalue weighted by atomic mass is 16.6. The minimum Gasteiger partial charge on any atom is -0.258 e. The lowest BCUT2D eigenvalue weighted by Crippen LogP contribution is -2.31. The van der Waals surface area contributed by atoms with Gasteiger partial charge in [-0.05, 0) is 35.4 Å². The van der Waals surface area contributed by atoms with Gasteiger partial charge in [0, 0.05) is 29.1 Å². The van der Waals surface area contributed by atoms with Gasteiger partial charge in [0.2, 0.25) is 0 Å². The number of benzene rings is 2. The first kappa shape index (κ1) is 16.9. The van der Waals surface area contributed by atoms with Gasteiger partial charge in [-0.15, -0.1) is 0 Å². The van der Waals surface area contributed by atoms with Gasteiger partial charge in [0.25, 0.3) is 24.0 Å². The summed E-state index contributed by atoms with van der Waals surface area (Å²) < 4.78 is 1.77. The summed E-state index contributed by atoms with van der Waals surface area (Å²) in [5.41, 5.74) is 1.65. The molecule has 10 nitrogen and oxygen atoms in total. The minimum absolute atomic E-state index is 0.0159. The molecule has 3 rings (SSSR count). The van der Waals surface area contributed by atoms with E-state index in [2.05, 4.69) is 10.2 Å². The SMILES string of the molecule is O=[N+]([O-])c1ccc(/C=N/n2c[n+](Cc3ccc([N+](=O)[O-])cc3)cn2)cc1. The van der Waals surface area contributed by atoms with Crippen LogP contribution in [0.1, 0.15) is 11.1 Å². The van der Waals surface area contributed by atoms with Crippen LogP contribution in [-0.2, 0) is 6.54 Å². The number of hydrogen-bond acceptors (Lipinski definition) is 6. The van der Waals surface area contributed by atoms with Crippen LogP contribution in [0, 0.1) is 20.2 Å². The number of aromatic nitrogens is 3. The second kappa shape index (κ2) is 7.30. The van der Waals surface area contributed by atoms with Gasteiger partial charge in [-0.2, -0.15) is 0 Å². The fourth-order valence-electron chi connectivity index (χ4n) is 2.19. The summed E-state index contributed by atoms with van der Waals surface area (Å²) in [7, 11) is 0. The molecule has 0 bridgehead atoms. The van der Waals surface area contributed by atoms with Gasteiger partial charge in [-0.1, -0.05) is 5.10 Å². The van der Waals surface area contributed by atoms with Gasteiger partial charge in [-0.25, -0.2) is 4.57 Å². The second-order valence-electron chi connectivity index (χ2n) is 5.36. The maximum Gasteiger partial charge on any atom is 0.269 e. The number of nitro benzene ring substituents is 2. The van der Waals surface area contributed by atoms with Crippen LogP contribution in [0.25, 0.3) is 0 Å². The molecule has 0 aliphatic heterocycles. The number of nitrogens with zero attached hydrogens (tertiary/aromatic N) is 6. The van der Waals surface area contributed by atoms with Gasteiger partial charge < -0.3 is 0 Å². The largest absolute Gasteiger partial charge is 0.269 e. The Labute approximate surface area is 146 Å². The summed E-state index contributed by atoms with van der Waals surface area (Å²) in [6.07, 6.45) is 4.77. The zero-order chi connectivity index (χ0) is 18.5. The number of nitro groups is 2. The molecule has 0 N–H and O–H groups in total. The Balaban J connectivity index is 1.65. The molecule has 1 aromatic heterocycles. The standard InChI is InChI=1S/C16H13N6O4/c23-21(24)15-5-1-13(2-6-15)9-17-20-12-19(11-18-20)10-14-3-7-16(8-4-14)22(25)26/h1-9,11-12H,10H2/q+1/b17-9+. The summed E-state index contributed by atoms with van der Waals surface area (Å²) in [5, 5.41) is 29.5. The van der Waals surface area contributed by atoms with Crippen molar-refractivity contribution in [3.05, 3.63) is 92.5 Å². The third-order valence-electron chi connectivity index (χ3n) is 3.51. The maximum atomic E-state index is 10.7. The van der Waals surface area contributed by atoms with E-state index in [1.165, 1.54) is 35.3 Å². The molecule has 0 aliphatic carbocycles. The van der Waals surface area contributed by atoms with Crippen LogP contribution >= 0.6 is 0 Å². The van der Waals surface area contributed by atoms with Crippen molar-refractivity contribution in [3.63, 3.8) is 0 Å². The zero-order valence-corrected chi connectivity index (χ0v) is 13.4. The van der Waals surface area contributed by atoms with Crippen molar-refractivity contribution in [1.29, 1.82) is 0 Å². The maximum absolute atomic E-state index is 10.7. The summed E-state index contributed by atoms with van der Waals surface area (Å²) in [6, 6.07) is 12.3. The molecule has 26 heavy (non-hydrogen) atoms. The topological polar surface area (TPSA) is 120 Å². The summed E-state index contributed by atoms with van der Waals surface area (Å²) in [5.74, 6) is 0. The van der Waals surface area contributed by atoms with Crippen molar-refractivity contribution < 1.29 is 14.4 Å². The highest BCUT2D eigenvalue weighted by Gasteiger charge is 2.08. The third kappa shape index (κ3) is 4.12. The van der Waals surface area contributed by atoms with E-state index >= 15 is 0 Å². The number of non-ortho nitro benzene ring substituents is 2. The molecule has 0 spiro atoms. The van der Waals surface area contributed by atoms with E-state index in [-0.39, 0.29) is 11.4 Å². The van der Waals surface area contributed by atoms with Crippen molar-refractivity contribution in [3.8, 4) is 0 Å². The summed E-state index contributed by atoms with van der Waals surface area (Å²) in [6.45, 7) is 0.491. The van der Waals surface area contributed by atoms with Crippen LogP contribution in [0.3, 0.4) is 0 Å². The molecule has 0 saturated carbocycles. The Morgan fingerprint density at radius 2 is 1.58 bits per heavy atom. The molecule has 2 aromatic carbocycles. The molecule has 130 valence electrons. The van der Waals surface area contributed by atoms with E-state index in [9.17, 15) is 20.2 Å². The van der Waals surface area contributed by atoms with Gasteiger partial charge in [0.05, 0.1) is 27.7 Å². The summed E-state index contributed by atoms with van der Waals surface area (Å²) in [4.78, 5) is 21.7. The monoisotopic (exact) mass is 353 g/mol. The summed E-state index contributed by atoms with van der Waals surface area (Å²) >= 11 is 0. The van der Waals surface area contributed by atoms with Crippen LogP contribution in [0.5, 0.6) is 0 Å².